The average molecular weight is 407 g/mol. The van der Waals surface area contributed by atoms with Crippen molar-refractivity contribution in [3.63, 3.8) is 0 Å². The van der Waals surface area contributed by atoms with Gasteiger partial charge in [-0.25, -0.2) is 0 Å². The van der Waals surface area contributed by atoms with Crippen LogP contribution in [-0.2, 0) is 24.2 Å². The van der Waals surface area contributed by atoms with Crippen molar-refractivity contribution in [3.8, 4) is 22.9 Å². The first kappa shape index (κ1) is 19.9. The molecule has 0 saturated heterocycles. The standard InChI is InChI=1S/C23H25N3O4/c1-15(29-20-12-6-8-16-7-3-4-11-19(16)20)23(27)24-14-21-25-22(26-30-21)17-9-5-10-18(13-17)28-2/h5-6,8-10,12-13,15H,3-4,7,11,14H2,1-2H3,(H,24,27)/t15-/m0/s1. The fourth-order valence-corrected chi connectivity index (χ4v) is 3.61. The summed E-state index contributed by atoms with van der Waals surface area (Å²) in [5, 5.41) is 6.78. The average Bonchev–Trinajstić information content (AvgIpc) is 3.27. The molecule has 7 nitrogen and oxygen atoms in total. The van der Waals surface area contributed by atoms with Crippen LogP contribution in [0.15, 0.2) is 47.0 Å². The summed E-state index contributed by atoms with van der Waals surface area (Å²) >= 11 is 0. The Kier molecular flexibility index (Phi) is 5.97. The number of nitrogens with zero attached hydrogens (tertiary/aromatic N) is 2. The van der Waals surface area contributed by atoms with Crippen molar-refractivity contribution in [2.75, 3.05) is 7.11 Å². The van der Waals surface area contributed by atoms with Crippen LogP contribution in [0.5, 0.6) is 11.5 Å². The van der Waals surface area contributed by atoms with Crippen LogP contribution in [0.1, 0.15) is 36.8 Å². The summed E-state index contributed by atoms with van der Waals surface area (Å²) in [7, 11) is 1.60. The van der Waals surface area contributed by atoms with E-state index in [1.54, 1.807) is 14.0 Å². The Morgan fingerprint density at radius 1 is 1.20 bits per heavy atom. The summed E-state index contributed by atoms with van der Waals surface area (Å²) in [5.41, 5.74) is 3.33. The summed E-state index contributed by atoms with van der Waals surface area (Å²) in [6.45, 7) is 1.88. The first-order valence-corrected chi connectivity index (χ1v) is 10.2. The van der Waals surface area contributed by atoms with E-state index in [9.17, 15) is 4.79 Å². The van der Waals surface area contributed by atoms with Crippen LogP contribution in [-0.4, -0.2) is 29.3 Å². The van der Waals surface area contributed by atoms with Gasteiger partial charge in [-0.15, -0.1) is 0 Å². The highest BCUT2D eigenvalue weighted by atomic mass is 16.5. The highest BCUT2D eigenvalue weighted by Gasteiger charge is 2.20. The molecule has 3 aromatic rings. The lowest BCUT2D eigenvalue weighted by Crippen LogP contribution is -2.36. The molecule has 1 N–H and O–H groups in total. The second-order valence-corrected chi connectivity index (χ2v) is 7.32. The fraction of sp³-hybridized carbons (Fsp3) is 0.348. The molecule has 2 aromatic carbocycles. The van der Waals surface area contributed by atoms with E-state index in [2.05, 4.69) is 21.5 Å². The molecule has 4 rings (SSSR count). The quantitative estimate of drug-likeness (QED) is 0.643. The molecule has 1 aliphatic rings. The van der Waals surface area contributed by atoms with E-state index < -0.39 is 6.10 Å². The minimum atomic E-state index is -0.626. The largest absolute Gasteiger partial charge is 0.497 e. The van der Waals surface area contributed by atoms with Gasteiger partial charge in [0.1, 0.15) is 11.5 Å². The van der Waals surface area contributed by atoms with Gasteiger partial charge in [0.05, 0.1) is 13.7 Å². The number of aromatic nitrogens is 2. The summed E-state index contributed by atoms with van der Waals surface area (Å²) in [5.74, 6) is 2.04. The van der Waals surface area contributed by atoms with E-state index in [0.717, 1.165) is 30.6 Å². The highest BCUT2D eigenvalue weighted by molar-refractivity contribution is 5.80. The molecule has 1 heterocycles. The molecule has 0 spiro atoms. The molecule has 1 aromatic heterocycles. The zero-order valence-corrected chi connectivity index (χ0v) is 17.2. The molecule has 30 heavy (non-hydrogen) atoms. The first-order valence-electron chi connectivity index (χ1n) is 10.2. The molecule has 0 aliphatic heterocycles. The maximum absolute atomic E-state index is 12.5. The van der Waals surface area contributed by atoms with Crippen molar-refractivity contribution < 1.29 is 18.8 Å². The number of benzene rings is 2. The lowest BCUT2D eigenvalue weighted by Gasteiger charge is -2.21. The predicted octanol–water partition coefficient (Wildman–Crippen LogP) is 3.71. The van der Waals surface area contributed by atoms with Crippen LogP contribution >= 0.6 is 0 Å². The van der Waals surface area contributed by atoms with Crippen molar-refractivity contribution in [1.29, 1.82) is 0 Å². The molecule has 1 atom stereocenters. The minimum Gasteiger partial charge on any atom is -0.497 e. The van der Waals surface area contributed by atoms with Gasteiger partial charge < -0.3 is 19.3 Å². The summed E-state index contributed by atoms with van der Waals surface area (Å²) < 4.78 is 16.4. The third-order valence-corrected chi connectivity index (χ3v) is 5.24. The van der Waals surface area contributed by atoms with E-state index in [-0.39, 0.29) is 12.5 Å². The van der Waals surface area contributed by atoms with Crippen molar-refractivity contribution in [2.45, 2.75) is 45.3 Å². The third kappa shape index (κ3) is 4.45. The fourth-order valence-electron chi connectivity index (χ4n) is 3.61. The van der Waals surface area contributed by atoms with Gasteiger partial charge in [-0.1, -0.05) is 29.4 Å². The smallest absolute Gasteiger partial charge is 0.261 e. The number of amides is 1. The van der Waals surface area contributed by atoms with Crippen molar-refractivity contribution in [1.82, 2.24) is 15.5 Å². The Hall–Kier alpha value is -3.35. The number of aryl methyl sites for hydroxylation is 1. The lowest BCUT2D eigenvalue weighted by atomic mass is 9.91. The molecule has 0 fully saturated rings. The van der Waals surface area contributed by atoms with E-state index in [4.69, 9.17) is 14.0 Å². The number of methoxy groups -OCH3 is 1. The SMILES string of the molecule is COc1cccc(-c2noc(CNC(=O)[C@H](C)Oc3cccc4c3CCCC4)n2)c1. The van der Waals surface area contributed by atoms with Crippen LogP contribution in [0.4, 0.5) is 0 Å². The molecule has 156 valence electrons. The first-order chi connectivity index (χ1) is 14.6. The predicted molar refractivity (Wildman–Crippen MR) is 111 cm³/mol. The van der Waals surface area contributed by atoms with Crippen molar-refractivity contribution in [3.05, 3.63) is 59.5 Å². The van der Waals surface area contributed by atoms with Crippen LogP contribution in [0.3, 0.4) is 0 Å². The van der Waals surface area contributed by atoms with Gasteiger partial charge in [0.25, 0.3) is 5.91 Å². The normalized spacial score (nSPS) is 13.9. The van der Waals surface area contributed by atoms with Crippen LogP contribution < -0.4 is 14.8 Å². The number of ether oxygens (including phenoxy) is 2. The Balaban J connectivity index is 1.35. The van der Waals surface area contributed by atoms with Gasteiger partial charge in [-0.2, -0.15) is 4.98 Å². The Bertz CT molecular complexity index is 1030. The molecule has 7 heteroatoms. The molecule has 0 unspecified atom stereocenters. The van der Waals surface area contributed by atoms with Gasteiger partial charge in [-0.3, -0.25) is 4.79 Å². The number of rotatable bonds is 7. The van der Waals surface area contributed by atoms with Gasteiger partial charge in [0.2, 0.25) is 11.7 Å². The van der Waals surface area contributed by atoms with Gasteiger partial charge in [-0.05, 0) is 61.9 Å². The second kappa shape index (κ2) is 8.98. The summed E-state index contributed by atoms with van der Waals surface area (Å²) in [6, 6.07) is 13.5. The Morgan fingerprint density at radius 3 is 2.90 bits per heavy atom. The number of carbonyl (C=O) groups excluding carboxylic acids is 1. The zero-order valence-electron chi connectivity index (χ0n) is 17.2. The van der Waals surface area contributed by atoms with E-state index in [1.807, 2.05) is 36.4 Å². The highest BCUT2D eigenvalue weighted by Crippen LogP contribution is 2.30. The molecule has 1 amide bonds. The van der Waals surface area contributed by atoms with Gasteiger partial charge in [0, 0.05) is 5.56 Å². The van der Waals surface area contributed by atoms with Crippen molar-refractivity contribution in [2.24, 2.45) is 0 Å². The maximum atomic E-state index is 12.5. The van der Waals surface area contributed by atoms with Gasteiger partial charge in [0.15, 0.2) is 6.10 Å². The molecular formula is C23H25N3O4. The van der Waals surface area contributed by atoms with E-state index in [0.29, 0.717) is 17.5 Å². The molecule has 0 bridgehead atoms. The van der Waals surface area contributed by atoms with Crippen LogP contribution in [0, 0.1) is 0 Å². The number of fused-ring (bicyclic) bond motifs is 1. The van der Waals surface area contributed by atoms with Crippen LogP contribution in [0.25, 0.3) is 11.4 Å². The number of nitrogens with one attached hydrogen (secondary N) is 1. The third-order valence-electron chi connectivity index (χ3n) is 5.24. The van der Waals surface area contributed by atoms with Crippen LogP contribution in [0.2, 0.25) is 0 Å². The molecule has 1 aliphatic carbocycles. The number of hydrogen-bond acceptors (Lipinski definition) is 6. The summed E-state index contributed by atoms with van der Waals surface area (Å²) in [6.07, 6.45) is 3.79. The van der Waals surface area contributed by atoms with Gasteiger partial charge >= 0.3 is 0 Å². The monoisotopic (exact) mass is 407 g/mol. The lowest BCUT2D eigenvalue weighted by molar-refractivity contribution is -0.127. The molecule has 0 radical (unpaired) electrons. The Labute approximate surface area is 175 Å². The molecule has 0 saturated carbocycles. The summed E-state index contributed by atoms with van der Waals surface area (Å²) in [4.78, 5) is 16.8. The minimum absolute atomic E-state index is 0.135. The Morgan fingerprint density at radius 2 is 2.03 bits per heavy atom. The second-order valence-electron chi connectivity index (χ2n) is 7.32. The molecular weight excluding hydrogens is 382 g/mol. The maximum Gasteiger partial charge on any atom is 0.261 e. The van der Waals surface area contributed by atoms with E-state index in [1.165, 1.54) is 17.5 Å². The number of hydrogen-bond donors (Lipinski definition) is 1. The zero-order chi connectivity index (χ0) is 20.9. The van der Waals surface area contributed by atoms with Crippen molar-refractivity contribution >= 4 is 5.91 Å². The number of carbonyl (C=O) groups is 1. The topological polar surface area (TPSA) is 86.5 Å². The van der Waals surface area contributed by atoms with E-state index >= 15 is 0 Å².